The van der Waals surface area contributed by atoms with E-state index >= 15 is 0 Å². The number of nitrogens with one attached hydrogen (secondary N) is 2. The van der Waals surface area contributed by atoms with Crippen molar-refractivity contribution in [2.45, 2.75) is 39.0 Å². The molecule has 3 atom stereocenters. The number of aliphatic hydroxyl groups is 1. The molecule has 8 heteroatoms. The molecule has 2 aromatic rings. The summed E-state index contributed by atoms with van der Waals surface area (Å²) in [5.74, 6) is 0.560. The number of anilines is 1. The molecule has 32 heavy (non-hydrogen) atoms. The highest BCUT2D eigenvalue weighted by Crippen LogP contribution is 2.40. The van der Waals surface area contributed by atoms with Crippen LogP contribution in [0.15, 0.2) is 53.0 Å². The minimum atomic E-state index is -3.31. The number of halogens is 2. The third kappa shape index (κ3) is 8.81. The lowest BCUT2D eigenvalue weighted by atomic mass is 9.80. The van der Waals surface area contributed by atoms with Gasteiger partial charge in [0.05, 0.1) is 11.4 Å². The third-order valence-corrected chi connectivity index (χ3v) is 7.63. The van der Waals surface area contributed by atoms with Gasteiger partial charge in [-0.2, -0.15) is 0 Å². The highest BCUT2D eigenvalue weighted by atomic mass is 79.9. The van der Waals surface area contributed by atoms with E-state index in [0.717, 1.165) is 29.4 Å². The zero-order chi connectivity index (χ0) is 23.6. The molecule has 3 N–H and O–H groups in total. The molecule has 178 valence electrons. The molecule has 0 saturated heterocycles. The van der Waals surface area contributed by atoms with Crippen molar-refractivity contribution in [1.29, 1.82) is 0 Å². The fraction of sp³-hybridized carbons (Fsp3) is 0.500. The highest BCUT2D eigenvalue weighted by Gasteiger charge is 2.28. The number of rotatable bonds is 9. The maximum Gasteiger partial charge on any atom is 0.211 e. The molecule has 5 nitrogen and oxygen atoms in total. The second kappa shape index (κ2) is 13.3. The van der Waals surface area contributed by atoms with E-state index in [0.29, 0.717) is 18.2 Å². The van der Waals surface area contributed by atoms with E-state index in [1.807, 2.05) is 49.4 Å². The Hall–Kier alpha value is -1.48. The molecule has 1 aliphatic heterocycles. The third-order valence-electron chi connectivity index (χ3n) is 5.74. The van der Waals surface area contributed by atoms with E-state index in [1.54, 1.807) is 0 Å². The van der Waals surface area contributed by atoms with Crippen LogP contribution in [0.5, 0.6) is 0 Å². The Bertz CT molecular complexity index is 902. The molecule has 1 heterocycles. The van der Waals surface area contributed by atoms with Crippen LogP contribution >= 0.6 is 15.9 Å². The summed E-state index contributed by atoms with van der Waals surface area (Å²) in [7, 11) is -3.31. The van der Waals surface area contributed by atoms with E-state index < -0.39 is 10.0 Å². The van der Waals surface area contributed by atoms with Gasteiger partial charge in [0.2, 0.25) is 10.0 Å². The second-order valence-corrected chi connectivity index (χ2v) is 11.2. The van der Waals surface area contributed by atoms with Crippen molar-refractivity contribution in [3.8, 4) is 0 Å². The molecule has 0 bridgehead atoms. The number of hydrogen-bond acceptors (Lipinski definition) is 4. The van der Waals surface area contributed by atoms with Crippen molar-refractivity contribution in [3.63, 3.8) is 0 Å². The fourth-order valence-corrected chi connectivity index (χ4v) is 5.38. The quantitative estimate of drug-likeness (QED) is 0.421. The van der Waals surface area contributed by atoms with Crippen molar-refractivity contribution >= 4 is 31.6 Å². The lowest BCUT2D eigenvalue weighted by molar-refractivity contribution is 0.295. The Kier molecular flexibility index (Phi) is 11.1. The molecular weight excluding hydrogens is 495 g/mol. The smallest absolute Gasteiger partial charge is 0.211 e. The van der Waals surface area contributed by atoms with E-state index in [-0.39, 0.29) is 36.4 Å². The van der Waals surface area contributed by atoms with Gasteiger partial charge < -0.3 is 10.4 Å². The van der Waals surface area contributed by atoms with Gasteiger partial charge in [-0.1, -0.05) is 66.2 Å². The molecule has 2 aromatic carbocycles. The second-order valence-electron chi connectivity index (χ2n) is 8.36. The summed E-state index contributed by atoms with van der Waals surface area (Å²) in [6.07, 6.45) is 2.09. The summed E-state index contributed by atoms with van der Waals surface area (Å²) in [4.78, 5) is 0. The van der Waals surface area contributed by atoms with E-state index in [4.69, 9.17) is 5.11 Å². The lowest BCUT2D eigenvalue weighted by Crippen LogP contribution is -2.32. The number of benzene rings is 2. The van der Waals surface area contributed by atoms with Gasteiger partial charge in [-0.15, -0.1) is 0 Å². The molecule has 0 aromatic heterocycles. The molecular formula is C24H34BrFN2O3S. The van der Waals surface area contributed by atoms with Crippen LogP contribution in [0, 0.1) is 17.7 Å². The topological polar surface area (TPSA) is 78.4 Å². The summed E-state index contributed by atoms with van der Waals surface area (Å²) < 4.78 is 41.0. The van der Waals surface area contributed by atoms with Gasteiger partial charge >= 0.3 is 0 Å². The summed E-state index contributed by atoms with van der Waals surface area (Å²) in [5.41, 5.74) is 1.59. The zero-order valence-electron chi connectivity index (χ0n) is 18.7. The van der Waals surface area contributed by atoms with Gasteiger partial charge in [0.1, 0.15) is 5.82 Å². The number of fused-ring (bicyclic) bond motifs is 1. The van der Waals surface area contributed by atoms with Crippen molar-refractivity contribution in [1.82, 2.24) is 4.72 Å². The molecule has 0 aliphatic carbocycles. The molecule has 3 unspecified atom stereocenters. The van der Waals surface area contributed by atoms with Crippen LogP contribution in [0.2, 0.25) is 0 Å². The number of hydrogen-bond donors (Lipinski definition) is 3. The van der Waals surface area contributed by atoms with Crippen LogP contribution in [-0.4, -0.2) is 39.0 Å². The number of sulfonamides is 1. The average Bonchev–Trinajstić information content (AvgIpc) is 2.78. The predicted octanol–water partition coefficient (Wildman–Crippen LogP) is 5.14. The molecule has 1 aliphatic rings. The first-order chi connectivity index (χ1) is 15.2. The number of aliphatic hydroxyl groups excluding tert-OH is 1. The Morgan fingerprint density at radius 3 is 2.44 bits per heavy atom. The first-order valence-corrected chi connectivity index (χ1v) is 13.5. The molecule has 0 saturated carbocycles. The summed E-state index contributed by atoms with van der Waals surface area (Å²) in [5, 5.41) is 12.0. The first-order valence-electron chi connectivity index (χ1n) is 11.0. The van der Waals surface area contributed by atoms with Crippen LogP contribution in [-0.2, 0) is 10.0 Å². The maximum absolute atomic E-state index is 14.1. The van der Waals surface area contributed by atoms with Crippen LogP contribution in [0.1, 0.15) is 44.6 Å². The summed E-state index contributed by atoms with van der Waals surface area (Å²) in [6, 6.07) is 15.4. The Morgan fingerprint density at radius 1 is 1.22 bits per heavy atom. The first kappa shape index (κ1) is 26.8. The standard InChI is InChI=1S/C18H28BrFN2O3S.C6H6/c1-12(10-22-26(24,25)7-3-6-23)4-5-14-11-21-18-16(13(14)2)8-15(19)9-17(18)20;1-2-4-6-5-3-1/h8-9,12-14,21-23H,3-7,10-11H2,1-2H3;1-6H. The Balaban J connectivity index is 0.000000520. The molecule has 0 fully saturated rings. The van der Waals surface area contributed by atoms with Crippen molar-refractivity contribution < 1.29 is 17.9 Å². The van der Waals surface area contributed by atoms with Crippen LogP contribution in [0.25, 0.3) is 0 Å². The largest absolute Gasteiger partial charge is 0.396 e. The summed E-state index contributed by atoms with van der Waals surface area (Å²) in [6.45, 7) is 5.15. The van der Waals surface area contributed by atoms with Gasteiger partial charge in [-0.25, -0.2) is 17.5 Å². The van der Waals surface area contributed by atoms with Gasteiger partial charge in [0.25, 0.3) is 0 Å². The normalized spacial score (nSPS) is 18.7. The Labute approximate surface area is 200 Å². The maximum atomic E-state index is 14.1. The summed E-state index contributed by atoms with van der Waals surface area (Å²) >= 11 is 3.36. The zero-order valence-corrected chi connectivity index (χ0v) is 21.1. The van der Waals surface area contributed by atoms with E-state index in [2.05, 4.69) is 32.9 Å². The minimum Gasteiger partial charge on any atom is -0.396 e. The molecule has 3 rings (SSSR count). The van der Waals surface area contributed by atoms with Crippen LogP contribution in [0.3, 0.4) is 0 Å². The molecule has 0 amide bonds. The van der Waals surface area contributed by atoms with Crippen LogP contribution < -0.4 is 10.0 Å². The highest BCUT2D eigenvalue weighted by molar-refractivity contribution is 9.10. The van der Waals surface area contributed by atoms with E-state index in [9.17, 15) is 12.8 Å². The Morgan fingerprint density at radius 2 is 1.84 bits per heavy atom. The predicted molar refractivity (Wildman–Crippen MR) is 133 cm³/mol. The van der Waals surface area contributed by atoms with E-state index in [1.165, 1.54) is 6.07 Å². The fourth-order valence-electron chi connectivity index (χ4n) is 3.74. The van der Waals surface area contributed by atoms with Gasteiger partial charge in [0, 0.05) is 24.2 Å². The molecule has 0 spiro atoms. The monoisotopic (exact) mass is 528 g/mol. The lowest BCUT2D eigenvalue weighted by Gasteiger charge is -2.33. The average molecular weight is 530 g/mol. The molecule has 0 radical (unpaired) electrons. The van der Waals surface area contributed by atoms with Gasteiger partial charge in [-0.05, 0) is 54.7 Å². The van der Waals surface area contributed by atoms with Crippen molar-refractivity contribution in [3.05, 3.63) is 64.4 Å². The van der Waals surface area contributed by atoms with Gasteiger partial charge in [0.15, 0.2) is 0 Å². The van der Waals surface area contributed by atoms with Gasteiger partial charge in [-0.3, -0.25) is 0 Å². The SMILES string of the molecule is CC(CCC1CNc2c(F)cc(Br)cc2C1C)CNS(=O)(=O)CCCO.c1ccccc1. The van der Waals surface area contributed by atoms with Crippen LogP contribution in [0.4, 0.5) is 10.1 Å². The minimum absolute atomic E-state index is 0.0446. The van der Waals surface area contributed by atoms with Crippen molar-refractivity contribution in [2.24, 2.45) is 11.8 Å². The van der Waals surface area contributed by atoms with Crippen molar-refractivity contribution in [2.75, 3.05) is 30.8 Å².